The number of halogens is 1. The highest BCUT2D eigenvalue weighted by atomic mass is 35.5. The van der Waals surface area contributed by atoms with Crippen molar-refractivity contribution in [2.45, 2.75) is 11.3 Å². The Morgan fingerprint density at radius 1 is 1.16 bits per heavy atom. The van der Waals surface area contributed by atoms with Gasteiger partial charge in [0.2, 0.25) is 0 Å². The monoisotopic (exact) mass is 375 g/mol. The summed E-state index contributed by atoms with van der Waals surface area (Å²) in [6.07, 6.45) is -1.01. The molecule has 0 saturated carbocycles. The van der Waals surface area contributed by atoms with Crippen LogP contribution in [0.5, 0.6) is 0 Å². The molecule has 3 rings (SSSR count). The fourth-order valence-electron chi connectivity index (χ4n) is 2.32. The lowest BCUT2D eigenvalue weighted by molar-refractivity contribution is -0.133. The van der Waals surface area contributed by atoms with Gasteiger partial charge in [0, 0.05) is 5.02 Å². The van der Waals surface area contributed by atoms with Gasteiger partial charge in [-0.25, -0.2) is 0 Å². The van der Waals surface area contributed by atoms with Gasteiger partial charge in [-0.3, -0.25) is 9.36 Å². The molecule has 0 unspecified atom stereocenters. The highest BCUT2D eigenvalue weighted by Gasteiger charge is 2.22. The second kappa shape index (κ2) is 7.69. The van der Waals surface area contributed by atoms with Crippen molar-refractivity contribution in [3.05, 3.63) is 71.0 Å². The van der Waals surface area contributed by atoms with E-state index in [4.69, 9.17) is 16.7 Å². The van der Waals surface area contributed by atoms with E-state index < -0.39 is 12.1 Å². The van der Waals surface area contributed by atoms with Crippen LogP contribution in [0.15, 0.2) is 59.8 Å². The van der Waals surface area contributed by atoms with Gasteiger partial charge >= 0.3 is 5.97 Å². The second-order valence-electron chi connectivity index (χ2n) is 5.15. The van der Waals surface area contributed by atoms with E-state index in [0.717, 1.165) is 11.8 Å². The molecule has 0 spiro atoms. The lowest BCUT2D eigenvalue weighted by Gasteiger charge is -2.14. The van der Waals surface area contributed by atoms with Gasteiger partial charge in [-0.2, -0.15) is 0 Å². The van der Waals surface area contributed by atoms with Gasteiger partial charge in [0.1, 0.15) is 6.10 Å². The summed E-state index contributed by atoms with van der Waals surface area (Å²) in [7, 11) is 0. The number of aromatic nitrogens is 3. The molecule has 0 radical (unpaired) electrons. The first-order chi connectivity index (χ1) is 12.1. The van der Waals surface area contributed by atoms with Gasteiger partial charge in [0.15, 0.2) is 11.0 Å². The van der Waals surface area contributed by atoms with Crippen molar-refractivity contribution in [3.63, 3.8) is 0 Å². The Labute approximate surface area is 153 Å². The Balaban J connectivity index is 2.07. The van der Waals surface area contributed by atoms with E-state index >= 15 is 0 Å². The fraction of sp³-hybridized carbons (Fsp3) is 0.118. The van der Waals surface area contributed by atoms with Gasteiger partial charge in [0.25, 0.3) is 0 Å². The van der Waals surface area contributed by atoms with Crippen LogP contribution < -0.4 is 0 Å². The van der Waals surface area contributed by atoms with E-state index in [9.17, 15) is 9.90 Å². The lowest BCUT2D eigenvalue weighted by Crippen LogP contribution is -2.10. The Bertz CT molecular complexity index is 886. The minimum Gasteiger partial charge on any atom is -0.481 e. The first-order valence-electron chi connectivity index (χ1n) is 7.35. The molecule has 1 atom stereocenters. The maximum absolute atomic E-state index is 10.9. The third-order valence-electron chi connectivity index (χ3n) is 3.41. The molecule has 6 nitrogen and oxygen atoms in total. The summed E-state index contributed by atoms with van der Waals surface area (Å²) in [6, 6.07) is 16.0. The predicted octanol–water partition coefficient (Wildman–Crippen LogP) is 3.18. The molecule has 1 heterocycles. The summed E-state index contributed by atoms with van der Waals surface area (Å²) >= 11 is 7.10. The minimum atomic E-state index is -1.01. The summed E-state index contributed by atoms with van der Waals surface area (Å²) in [5.74, 6) is -0.836. The van der Waals surface area contributed by atoms with Crippen LogP contribution in [0.1, 0.15) is 17.5 Å². The number of aliphatic carboxylic acids is 1. The number of thioether (sulfide) groups is 1. The molecule has 2 aromatic carbocycles. The molecule has 0 bridgehead atoms. The summed E-state index contributed by atoms with van der Waals surface area (Å²) < 4.78 is 1.62. The highest BCUT2D eigenvalue weighted by molar-refractivity contribution is 7.99. The Kier molecular flexibility index (Phi) is 5.37. The first kappa shape index (κ1) is 17.5. The Hall–Kier alpha value is -2.35. The molecule has 2 N–H and O–H groups in total. The Morgan fingerprint density at radius 3 is 2.60 bits per heavy atom. The average molecular weight is 376 g/mol. The van der Waals surface area contributed by atoms with Crippen molar-refractivity contribution < 1.29 is 15.0 Å². The minimum absolute atomic E-state index is 0.167. The predicted molar refractivity (Wildman–Crippen MR) is 95.2 cm³/mol. The molecule has 8 heteroatoms. The third kappa shape index (κ3) is 4.01. The van der Waals surface area contributed by atoms with Crippen molar-refractivity contribution in [2.24, 2.45) is 0 Å². The van der Waals surface area contributed by atoms with E-state index in [0.29, 0.717) is 27.3 Å². The largest absolute Gasteiger partial charge is 0.481 e. The molecule has 0 aliphatic heterocycles. The molecule has 1 aromatic heterocycles. The van der Waals surface area contributed by atoms with Crippen molar-refractivity contribution in [3.8, 4) is 5.69 Å². The molecule has 0 aliphatic rings. The number of hydrogen-bond acceptors (Lipinski definition) is 5. The van der Waals surface area contributed by atoms with Crippen LogP contribution in [0.3, 0.4) is 0 Å². The Morgan fingerprint density at radius 2 is 1.92 bits per heavy atom. The number of aliphatic hydroxyl groups excluding tert-OH is 1. The maximum Gasteiger partial charge on any atom is 0.313 e. The molecule has 3 aromatic rings. The molecular formula is C17H14ClN3O3S. The number of benzene rings is 2. The van der Waals surface area contributed by atoms with E-state index in [1.54, 1.807) is 41.0 Å². The topological polar surface area (TPSA) is 88.2 Å². The van der Waals surface area contributed by atoms with Gasteiger partial charge in [-0.15, -0.1) is 10.2 Å². The number of carbonyl (C=O) groups is 1. The maximum atomic E-state index is 10.9. The van der Waals surface area contributed by atoms with Crippen molar-refractivity contribution in [2.75, 3.05) is 5.75 Å². The smallest absolute Gasteiger partial charge is 0.313 e. The molecule has 0 aliphatic carbocycles. The summed E-state index contributed by atoms with van der Waals surface area (Å²) in [4.78, 5) is 10.9. The summed E-state index contributed by atoms with van der Waals surface area (Å²) in [5.41, 5.74) is 1.31. The number of carboxylic acids is 1. The zero-order valence-electron chi connectivity index (χ0n) is 12.9. The van der Waals surface area contributed by atoms with Crippen LogP contribution in [-0.2, 0) is 4.79 Å². The van der Waals surface area contributed by atoms with Crippen LogP contribution in [0, 0.1) is 0 Å². The van der Waals surface area contributed by atoms with Crippen LogP contribution in [-0.4, -0.2) is 36.7 Å². The molecule has 0 amide bonds. The van der Waals surface area contributed by atoms with Gasteiger partial charge in [-0.05, 0) is 23.8 Å². The number of aliphatic hydroxyl groups is 1. The van der Waals surface area contributed by atoms with Gasteiger partial charge < -0.3 is 10.2 Å². The van der Waals surface area contributed by atoms with Crippen molar-refractivity contribution in [1.29, 1.82) is 0 Å². The van der Waals surface area contributed by atoms with E-state index in [1.807, 2.05) is 18.2 Å². The number of hydrogen-bond donors (Lipinski definition) is 2. The van der Waals surface area contributed by atoms with Gasteiger partial charge in [0.05, 0.1) is 11.4 Å². The van der Waals surface area contributed by atoms with E-state index in [2.05, 4.69) is 10.2 Å². The molecule has 0 fully saturated rings. The van der Waals surface area contributed by atoms with Crippen LogP contribution in [0.2, 0.25) is 5.02 Å². The summed E-state index contributed by atoms with van der Waals surface area (Å²) in [6.45, 7) is 0. The number of nitrogens with zero attached hydrogens (tertiary/aromatic N) is 3. The molecule has 25 heavy (non-hydrogen) atoms. The zero-order chi connectivity index (χ0) is 17.8. The quantitative estimate of drug-likeness (QED) is 0.643. The van der Waals surface area contributed by atoms with E-state index in [-0.39, 0.29) is 5.75 Å². The first-order valence-corrected chi connectivity index (χ1v) is 8.71. The number of carboxylic acid groups (broad SMARTS) is 1. The lowest BCUT2D eigenvalue weighted by atomic mass is 10.1. The summed E-state index contributed by atoms with van der Waals surface area (Å²) in [5, 5.41) is 28.7. The highest BCUT2D eigenvalue weighted by Crippen LogP contribution is 2.29. The zero-order valence-corrected chi connectivity index (χ0v) is 14.5. The van der Waals surface area contributed by atoms with Crippen molar-refractivity contribution in [1.82, 2.24) is 14.8 Å². The van der Waals surface area contributed by atoms with E-state index in [1.165, 1.54) is 0 Å². The van der Waals surface area contributed by atoms with Gasteiger partial charge in [-0.1, -0.05) is 59.8 Å². The molecular weight excluding hydrogens is 362 g/mol. The second-order valence-corrected chi connectivity index (χ2v) is 6.53. The SMILES string of the molecule is O=C(O)CSc1nnc([C@@H](O)c2ccccc2)n1-c1cccc(Cl)c1. The molecule has 0 saturated heterocycles. The number of rotatable bonds is 6. The van der Waals surface area contributed by atoms with Crippen LogP contribution in [0.4, 0.5) is 0 Å². The standard InChI is InChI=1S/C17H14ClN3O3S/c18-12-7-4-8-13(9-12)21-16(15(24)11-5-2-1-3-6-11)19-20-17(21)25-10-14(22)23/h1-9,15,24H,10H2,(H,22,23)/t15-/m0/s1. The normalized spacial score (nSPS) is 12.1. The van der Waals surface area contributed by atoms with Crippen LogP contribution >= 0.6 is 23.4 Å². The molecule has 128 valence electrons. The fourth-order valence-corrected chi connectivity index (χ4v) is 3.18. The van der Waals surface area contributed by atoms with Crippen LogP contribution in [0.25, 0.3) is 5.69 Å². The third-order valence-corrected chi connectivity index (χ3v) is 4.56. The average Bonchev–Trinajstić information content (AvgIpc) is 3.04. The van der Waals surface area contributed by atoms with Crippen molar-refractivity contribution >= 4 is 29.3 Å².